The number of hydrogen-bond acceptors (Lipinski definition) is 2. The van der Waals surface area contributed by atoms with Gasteiger partial charge >= 0.3 is 0 Å². The van der Waals surface area contributed by atoms with Crippen LogP contribution in [0.25, 0.3) is 0 Å². The smallest absolute Gasteiger partial charge is 0.257 e. The van der Waals surface area contributed by atoms with Crippen LogP contribution in [0.2, 0.25) is 0 Å². The summed E-state index contributed by atoms with van der Waals surface area (Å²) in [5, 5.41) is 6.77. The van der Waals surface area contributed by atoms with Gasteiger partial charge in [0.2, 0.25) is 0 Å². The average Bonchev–Trinajstić information content (AvgIpc) is 2.94. The SMILES string of the molecule is Cc1[nH]ncc1C(=O)N1CCC(Cc2ccccc2)CC1. The van der Waals surface area contributed by atoms with Gasteiger partial charge in [-0.2, -0.15) is 5.10 Å². The lowest BCUT2D eigenvalue weighted by atomic mass is 9.90. The molecule has 1 fully saturated rings. The molecular formula is C17H21N3O. The number of aryl methyl sites for hydroxylation is 1. The van der Waals surface area contributed by atoms with E-state index in [9.17, 15) is 4.79 Å². The maximum atomic E-state index is 12.4. The molecule has 110 valence electrons. The van der Waals surface area contributed by atoms with Crippen molar-refractivity contribution in [3.63, 3.8) is 0 Å². The number of nitrogens with one attached hydrogen (secondary N) is 1. The maximum absolute atomic E-state index is 12.4. The first-order valence-corrected chi connectivity index (χ1v) is 7.57. The molecule has 4 heteroatoms. The van der Waals surface area contributed by atoms with Crippen LogP contribution in [0.15, 0.2) is 36.5 Å². The summed E-state index contributed by atoms with van der Waals surface area (Å²) in [5.74, 6) is 0.793. The van der Waals surface area contributed by atoms with Crippen molar-refractivity contribution in [2.75, 3.05) is 13.1 Å². The van der Waals surface area contributed by atoms with E-state index in [2.05, 4.69) is 40.5 Å². The molecule has 2 aromatic rings. The molecule has 4 nitrogen and oxygen atoms in total. The van der Waals surface area contributed by atoms with Crippen LogP contribution in [-0.4, -0.2) is 34.1 Å². The lowest BCUT2D eigenvalue weighted by molar-refractivity contribution is 0.0690. The second kappa shape index (κ2) is 6.12. The van der Waals surface area contributed by atoms with E-state index in [4.69, 9.17) is 0 Å². The summed E-state index contributed by atoms with van der Waals surface area (Å²) >= 11 is 0. The average molecular weight is 283 g/mol. The first-order valence-electron chi connectivity index (χ1n) is 7.57. The Hall–Kier alpha value is -2.10. The van der Waals surface area contributed by atoms with E-state index in [1.807, 2.05) is 11.8 Å². The van der Waals surface area contributed by atoms with Crippen LogP contribution in [0.5, 0.6) is 0 Å². The van der Waals surface area contributed by atoms with E-state index in [0.717, 1.165) is 38.0 Å². The van der Waals surface area contributed by atoms with Gasteiger partial charge in [0, 0.05) is 18.8 Å². The van der Waals surface area contributed by atoms with Gasteiger partial charge in [0.15, 0.2) is 0 Å². The third kappa shape index (κ3) is 3.15. The zero-order chi connectivity index (χ0) is 14.7. The Kier molecular flexibility index (Phi) is 4.04. The molecule has 21 heavy (non-hydrogen) atoms. The fraction of sp³-hybridized carbons (Fsp3) is 0.412. The molecular weight excluding hydrogens is 262 g/mol. The van der Waals surface area contributed by atoms with E-state index >= 15 is 0 Å². The topological polar surface area (TPSA) is 49.0 Å². The Morgan fingerprint density at radius 1 is 1.29 bits per heavy atom. The minimum atomic E-state index is 0.111. The van der Waals surface area contributed by atoms with Crippen molar-refractivity contribution in [2.45, 2.75) is 26.2 Å². The molecule has 2 heterocycles. The number of hydrogen-bond donors (Lipinski definition) is 1. The largest absolute Gasteiger partial charge is 0.339 e. The normalized spacial score (nSPS) is 16.1. The van der Waals surface area contributed by atoms with E-state index in [1.165, 1.54) is 5.56 Å². The number of carbonyl (C=O) groups excluding carboxylic acids is 1. The van der Waals surface area contributed by atoms with Gasteiger partial charge in [0.1, 0.15) is 0 Å². The predicted molar refractivity (Wildman–Crippen MR) is 82.1 cm³/mol. The second-order valence-electron chi connectivity index (χ2n) is 5.83. The Balaban J connectivity index is 1.56. The molecule has 1 aliphatic heterocycles. The number of likely N-dealkylation sites (tertiary alicyclic amines) is 1. The van der Waals surface area contributed by atoms with Crippen LogP contribution in [0.3, 0.4) is 0 Å². The van der Waals surface area contributed by atoms with Gasteiger partial charge in [-0.15, -0.1) is 0 Å². The van der Waals surface area contributed by atoms with Crippen LogP contribution in [-0.2, 0) is 6.42 Å². The number of benzene rings is 1. The minimum absolute atomic E-state index is 0.111. The molecule has 0 aliphatic carbocycles. The number of carbonyl (C=O) groups is 1. The zero-order valence-electron chi connectivity index (χ0n) is 12.4. The third-order valence-corrected chi connectivity index (χ3v) is 4.33. The molecule has 0 saturated carbocycles. The van der Waals surface area contributed by atoms with Crippen LogP contribution >= 0.6 is 0 Å². The Morgan fingerprint density at radius 2 is 2.00 bits per heavy atom. The second-order valence-corrected chi connectivity index (χ2v) is 5.83. The van der Waals surface area contributed by atoms with Crippen molar-refractivity contribution in [3.05, 3.63) is 53.3 Å². The van der Waals surface area contributed by atoms with Crippen molar-refractivity contribution >= 4 is 5.91 Å². The van der Waals surface area contributed by atoms with E-state index in [-0.39, 0.29) is 5.91 Å². The van der Waals surface area contributed by atoms with Crippen LogP contribution < -0.4 is 0 Å². The highest BCUT2D eigenvalue weighted by Crippen LogP contribution is 2.23. The summed E-state index contributed by atoms with van der Waals surface area (Å²) in [6.07, 6.45) is 4.91. The van der Waals surface area contributed by atoms with Gasteiger partial charge < -0.3 is 4.90 Å². The van der Waals surface area contributed by atoms with Crippen LogP contribution in [0.1, 0.15) is 34.5 Å². The number of aromatic nitrogens is 2. The molecule has 0 bridgehead atoms. The third-order valence-electron chi connectivity index (χ3n) is 4.33. The first-order chi connectivity index (χ1) is 10.2. The molecule has 0 atom stereocenters. The lowest BCUT2D eigenvalue weighted by Gasteiger charge is -2.32. The molecule has 1 saturated heterocycles. The summed E-state index contributed by atoms with van der Waals surface area (Å²) in [7, 11) is 0. The van der Waals surface area contributed by atoms with Crippen LogP contribution in [0, 0.1) is 12.8 Å². The van der Waals surface area contributed by atoms with Gasteiger partial charge in [-0.3, -0.25) is 9.89 Å². The van der Waals surface area contributed by atoms with Gasteiger partial charge in [-0.1, -0.05) is 30.3 Å². The van der Waals surface area contributed by atoms with Crippen molar-refractivity contribution in [3.8, 4) is 0 Å². The molecule has 3 rings (SSSR count). The molecule has 1 amide bonds. The summed E-state index contributed by atoms with van der Waals surface area (Å²) in [5.41, 5.74) is 2.95. The summed E-state index contributed by atoms with van der Waals surface area (Å²) in [6.45, 7) is 3.59. The van der Waals surface area contributed by atoms with Gasteiger partial charge in [0.05, 0.1) is 11.8 Å². The number of H-pyrrole nitrogens is 1. The van der Waals surface area contributed by atoms with Gasteiger partial charge in [-0.05, 0) is 37.7 Å². The van der Waals surface area contributed by atoms with E-state index in [0.29, 0.717) is 11.5 Å². The highest BCUT2D eigenvalue weighted by atomic mass is 16.2. The van der Waals surface area contributed by atoms with E-state index < -0.39 is 0 Å². The number of aromatic amines is 1. The van der Waals surface area contributed by atoms with Crippen molar-refractivity contribution in [1.82, 2.24) is 15.1 Å². The fourth-order valence-corrected chi connectivity index (χ4v) is 3.02. The number of piperidine rings is 1. The molecule has 1 aromatic carbocycles. The highest BCUT2D eigenvalue weighted by molar-refractivity contribution is 5.95. The highest BCUT2D eigenvalue weighted by Gasteiger charge is 2.25. The monoisotopic (exact) mass is 283 g/mol. The van der Waals surface area contributed by atoms with E-state index in [1.54, 1.807) is 6.20 Å². The maximum Gasteiger partial charge on any atom is 0.257 e. The molecule has 0 radical (unpaired) electrons. The summed E-state index contributed by atoms with van der Waals surface area (Å²) in [6, 6.07) is 10.6. The molecule has 1 N–H and O–H groups in total. The number of amides is 1. The quantitative estimate of drug-likeness (QED) is 0.941. The zero-order valence-corrected chi connectivity index (χ0v) is 12.4. The standard InChI is InChI=1S/C17H21N3O/c1-13-16(12-18-19-13)17(21)20-9-7-15(8-10-20)11-14-5-3-2-4-6-14/h2-6,12,15H,7-11H2,1H3,(H,18,19). The lowest BCUT2D eigenvalue weighted by Crippen LogP contribution is -2.39. The van der Waals surface area contributed by atoms with Crippen molar-refractivity contribution in [1.29, 1.82) is 0 Å². The van der Waals surface area contributed by atoms with Crippen LogP contribution in [0.4, 0.5) is 0 Å². The summed E-state index contributed by atoms with van der Waals surface area (Å²) in [4.78, 5) is 14.4. The molecule has 1 aromatic heterocycles. The fourth-order valence-electron chi connectivity index (χ4n) is 3.02. The molecule has 0 unspecified atom stereocenters. The Labute approximate surface area is 125 Å². The number of rotatable bonds is 3. The molecule has 1 aliphatic rings. The number of nitrogens with zero attached hydrogens (tertiary/aromatic N) is 2. The van der Waals surface area contributed by atoms with Gasteiger partial charge in [-0.25, -0.2) is 0 Å². The Morgan fingerprint density at radius 3 is 2.62 bits per heavy atom. The minimum Gasteiger partial charge on any atom is -0.339 e. The first kappa shape index (κ1) is 13.9. The molecule has 0 spiro atoms. The van der Waals surface area contributed by atoms with Crippen molar-refractivity contribution in [2.24, 2.45) is 5.92 Å². The Bertz CT molecular complexity index is 598. The summed E-state index contributed by atoms with van der Waals surface area (Å²) < 4.78 is 0. The van der Waals surface area contributed by atoms with Gasteiger partial charge in [0.25, 0.3) is 5.91 Å². The predicted octanol–water partition coefficient (Wildman–Crippen LogP) is 2.81. The van der Waals surface area contributed by atoms with Crippen molar-refractivity contribution < 1.29 is 4.79 Å².